The standard InChI is InChI=1S/C11H17N3O4S/c1-6-5-19-9(12-6)7(2)13-11(18)14-8(3-4-15)10(16)17/h5,7-8,15H,3-4H2,1-2H3,(H,16,17)(H2,13,14,18). The number of urea groups is 1. The fraction of sp³-hybridized carbons (Fsp3) is 0.545. The van der Waals surface area contributed by atoms with Crippen molar-refractivity contribution in [2.45, 2.75) is 32.4 Å². The van der Waals surface area contributed by atoms with Crippen LogP contribution < -0.4 is 10.6 Å². The van der Waals surface area contributed by atoms with Crippen molar-refractivity contribution >= 4 is 23.3 Å². The summed E-state index contributed by atoms with van der Waals surface area (Å²) in [7, 11) is 0. The molecule has 0 aliphatic rings. The number of carbonyl (C=O) groups is 2. The minimum absolute atomic E-state index is 0.0342. The van der Waals surface area contributed by atoms with Gasteiger partial charge in [-0.1, -0.05) is 0 Å². The van der Waals surface area contributed by atoms with E-state index in [0.29, 0.717) is 0 Å². The molecule has 0 saturated heterocycles. The van der Waals surface area contributed by atoms with Gasteiger partial charge in [-0.2, -0.15) is 0 Å². The molecule has 0 radical (unpaired) electrons. The molecule has 1 aromatic rings. The normalized spacial score (nSPS) is 13.6. The van der Waals surface area contributed by atoms with Crippen molar-refractivity contribution in [1.29, 1.82) is 0 Å². The lowest BCUT2D eigenvalue weighted by Crippen LogP contribution is -2.47. The van der Waals surface area contributed by atoms with Crippen LogP contribution in [0.4, 0.5) is 4.79 Å². The summed E-state index contributed by atoms with van der Waals surface area (Å²) in [4.78, 5) is 26.7. The zero-order chi connectivity index (χ0) is 14.4. The van der Waals surface area contributed by atoms with E-state index in [1.807, 2.05) is 12.3 Å². The van der Waals surface area contributed by atoms with Gasteiger partial charge in [0.2, 0.25) is 0 Å². The van der Waals surface area contributed by atoms with Crippen molar-refractivity contribution in [3.63, 3.8) is 0 Å². The Morgan fingerprint density at radius 3 is 2.63 bits per heavy atom. The van der Waals surface area contributed by atoms with Gasteiger partial charge in [0.25, 0.3) is 0 Å². The highest BCUT2D eigenvalue weighted by Crippen LogP contribution is 2.17. The number of nitrogens with one attached hydrogen (secondary N) is 2. The van der Waals surface area contributed by atoms with E-state index in [1.165, 1.54) is 11.3 Å². The molecule has 2 atom stereocenters. The van der Waals surface area contributed by atoms with Crippen LogP contribution in [0.15, 0.2) is 5.38 Å². The highest BCUT2D eigenvalue weighted by molar-refractivity contribution is 7.09. The van der Waals surface area contributed by atoms with Crippen molar-refractivity contribution in [3.8, 4) is 0 Å². The molecule has 0 aromatic carbocycles. The van der Waals surface area contributed by atoms with Gasteiger partial charge < -0.3 is 20.8 Å². The maximum Gasteiger partial charge on any atom is 0.326 e. The largest absolute Gasteiger partial charge is 0.480 e. The van der Waals surface area contributed by atoms with Gasteiger partial charge in [-0.25, -0.2) is 14.6 Å². The van der Waals surface area contributed by atoms with E-state index in [9.17, 15) is 9.59 Å². The second-order valence-corrected chi connectivity index (χ2v) is 4.96. The van der Waals surface area contributed by atoms with E-state index in [1.54, 1.807) is 6.92 Å². The summed E-state index contributed by atoms with van der Waals surface area (Å²) in [5.74, 6) is -1.18. The predicted octanol–water partition coefficient (Wildman–Crippen LogP) is 0.647. The molecule has 0 bridgehead atoms. The molecular weight excluding hydrogens is 270 g/mol. The molecule has 0 aliphatic heterocycles. The first-order chi connectivity index (χ1) is 8.93. The van der Waals surface area contributed by atoms with Gasteiger partial charge in [0.05, 0.1) is 6.04 Å². The van der Waals surface area contributed by atoms with Crippen LogP contribution in [0.25, 0.3) is 0 Å². The van der Waals surface area contributed by atoms with Gasteiger partial charge in [0.1, 0.15) is 11.0 Å². The predicted molar refractivity (Wildman–Crippen MR) is 70.1 cm³/mol. The quantitative estimate of drug-likeness (QED) is 0.613. The third-order valence-corrected chi connectivity index (χ3v) is 3.52. The molecule has 8 heteroatoms. The van der Waals surface area contributed by atoms with Crippen molar-refractivity contribution in [1.82, 2.24) is 15.6 Å². The van der Waals surface area contributed by atoms with Gasteiger partial charge >= 0.3 is 12.0 Å². The third kappa shape index (κ3) is 4.84. The average molecular weight is 287 g/mol. The number of hydrogen-bond donors (Lipinski definition) is 4. The zero-order valence-corrected chi connectivity index (χ0v) is 11.5. The van der Waals surface area contributed by atoms with Crippen LogP contribution in [0.2, 0.25) is 0 Å². The number of aliphatic hydroxyl groups excluding tert-OH is 1. The Kier molecular flexibility index (Phi) is 5.71. The first-order valence-corrected chi connectivity index (χ1v) is 6.64. The van der Waals surface area contributed by atoms with Gasteiger partial charge in [-0.05, 0) is 13.8 Å². The molecule has 7 nitrogen and oxygen atoms in total. The maximum absolute atomic E-state index is 11.6. The number of rotatable bonds is 6. The molecular formula is C11H17N3O4S. The molecule has 1 heterocycles. The van der Waals surface area contributed by atoms with Crippen LogP contribution in [0.3, 0.4) is 0 Å². The second kappa shape index (κ2) is 7.05. The number of carbonyl (C=O) groups excluding carboxylic acids is 1. The van der Waals surface area contributed by atoms with Gasteiger partial charge in [0, 0.05) is 24.1 Å². The van der Waals surface area contributed by atoms with E-state index in [-0.39, 0.29) is 19.1 Å². The fourth-order valence-corrected chi connectivity index (χ4v) is 2.22. The van der Waals surface area contributed by atoms with Crippen LogP contribution in [-0.2, 0) is 4.79 Å². The van der Waals surface area contributed by atoms with Crippen molar-refractivity contribution < 1.29 is 19.8 Å². The van der Waals surface area contributed by atoms with E-state index in [4.69, 9.17) is 10.2 Å². The summed E-state index contributed by atoms with van der Waals surface area (Å²) in [6.07, 6.45) is -0.0342. The topological polar surface area (TPSA) is 112 Å². The Morgan fingerprint density at radius 2 is 2.16 bits per heavy atom. The number of carboxylic acids is 1. The number of nitrogens with zero attached hydrogens (tertiary/aromatic N) is 1. The molecule has 2 amide bonds. The highest BCUT2D eigenvalue weighted by Gasteiger charge is 2.20. The Hall–Kier alpha value is -1.67. The molecule has 1 rings (SSSR count). The van der Waals surface area contributed by atoms with Crippen molar-refractivity contribution in [2.75, 3.05) is 6.61 Å². The number of aliphatic carboxylic acids is 1. The first-order valence-electron chi connectivity index (χ1n) is 5.76. The molecule has 0 aliphatic carbocycles. The van der Waals surface area contributed by atoms with Gasteiger partial charge in [0.15, 0.2) is 0 Å². The Labute approximate surface area is 114 Å². The average Bonchev–Trinajstić information content (AvgIpc) is 2.75. The Bertz CT molecular complexity index is 449. The van der Waals surface area contributed by atoms with E-state index in [2.05, 4.69) is 15.6 Å². The van der Waals surface area contributed by atoms with Crippen molar-refractivity contribution in [3.05, 3.63) is 16.1 Å². The lowest BCUT2D eigenvalue weighted by atomic mass is 10.2. The highest BCUT2D eigenvalue weighted by atomic mass is 32.1. The van der Waals surface area contributed by atoms with Crippen LogP contribution in [0.1, 0.15) is 30.1 Å². The molecule has 0 spiro atoms. The SMILES string of the molecule is Cc1csc(C(C)NC(=O)NC(CCO)C(=O)O)n1. The summed E-state index contributed by atoms with van der Waals surface area (Å²) in [6.45, 7) is 3.31. The number of aliphatic hydroxyl groups is 1. The van der Waals surface area contributed by atoms with Crippen LogP contribution in [0.5, 0.6) is 0 Å². The zero-order valence-electron chi connectivity index (χ0n) is 10.7. The molecule has 1 aromatic heterocycles. The number of aryl methyl sites for hydroxylation is 1. The van der Waals surface area contributed by atoms with Crippen molar-refractivity contribution in [2.24, 2.45) is 0 Å². The number of thiazole rings is 1. The fourth-order valence-electron chi connectivity index (χ4n) is 1.42. The van der Waals surface area contributed by atoms with Gasteiger partial charge in [-0.15, -0.1) is 11.3 Å². The summed E-state index contributed by atoms with van der Waals surface area (Å²) in [5.41, 5.74) is 0.873. The smallest absolute Gasteiger partial charge is 0.326 e. The molecule has 106 valence electrons. The second-order valence-electron chi connectivity index (χ2n) is 4.07. The minimum atomic E-state index is -1.18. The molecule has 19 heavy (non-hydrogen) atoms. The van der Waals surface area contributed by atoms with Gasteiger partial charge in [-0.3, -0.25) is 0 Å². The number of carboxylic acid groups (broad SMARTS) is 1. The summed E-state index contributed by atoms with van der Waals surface area (Å²) in [6, 6.07) is -2.00. The van der Waals surface area contributed by atoms with Crippen LogP contribution in [-0.4, -0.2) is 39.8 Å². The Morgan fingerprint density at radius 1 is 1.47 bits per heavy atom. The van der Waals surface area contributed by atoms with Crippen LogP contribution >= 0.6 is 11.3 Å². The number of hydrogen-bond acceptors (Lipinski definition) is 5. The number of aromatic nitrogens is 1. The first kappa shape index (κ1) is 15.4. The maximum atomic E-state index is 11.6. The Balaban J connectivity index is 2.52. The molecule has 0 saturated carbocycles. The molecule has 0 fully saturated rings. The lowest BCUT2D eigenvalue weighted by molar-refractivity contribution is -0.139. The number of amides is 2. The van der Waals surface area contributed by atoms with E-state index < -0.39 is 18.0 Å². The van der Waals surface area contributed by atoms with E-state index >= 15 is 0 Å². The molecule has 2 unspecified atom stereocenters. The summed E-state index contributed by atoms with van der Waals surface area (Å²) < 4.78 is 0. The van der Waals surface area contributed by atoms with Crippen LogP contribution in [0, 0.1) is 6.92 Å². The summed E-state index contributed by atoms with van der Waals surface area (Å²) >= 11 is 1.43. The molecule has 4 N–H and O–H groups in total. The lowest BCUT2D eigenvalue weighted by Gasteiger charge is -2.16. The third-order valence-electron chi connectivity index (χ3n) is 2.38. The van der Waals surface area contributed by atoms with E-state index in [0.717, 1.165) is 10.7 Å². The minimum Gasteiger partial charge on any atom is -0.480 e. The monoisotopic (exact) mass is 287 g/mol. The summed E-state index contributed by atoms with van der Waals surface area (Å²) in [5, 5.41) is 25.1.